The first kappa shape index (κ1) is 18.7. The summed E-state index contributed by atoms with van der Waals surface area (Å²) in [6, 6.07) is 10.4. The van der Waals surface area contributed by atoms with Crippen molar-refractivity contribution in [2.45, 2.75) is 50.8 Å². The highest BCUT2D eigenvalue weighted by molar-refractivity contribution is 8.00. The molecule has 2 aromatic heterocycles. The van der Waals surface area contributed by atoms with Crippen molar-refractivity contribution in [3.8, 4) is 0 Å². The third-order valence-electron chi connectivity index (χ3n) is 6.40. The summed E-state index contributed by atoms with van der Waals surface area (Å²) in [4.78, 5) is 20.7. The molecule has 2 aliphatic rings. The summed E-state index contributed by atoms with van der Waals surface area (Å²) in [5.74, 6) is 3.73. The molecule has 152 valence electrons. The van der Waals surface area contributed by atoms with Crippen molar-refractivity contribution < 1.29 is 4.79 Å². The van der Waals surface area contributed by atoms with E-state index in [2.05, 4.69) is 26.9 Å². The van der Waals surface area contributed by atoms with E-state index < -0.39 is 0 Å². The summed E-state index contributed by atoms with van der Waals surface area (Å²) >= 11 is 1.59. The number of carbonyl (C=O) groups excluding carboxylic acids is 1. The number of aromatic amines is 1. The van der Waals surface area contributed by atoms with Crippen molar-refractivity contribution in [1.29, 1.82) is 0 Å². The smallest absolute Gasteiger partial charge is 0.235 e. The second-order valence-corrected chi connectivity index (χ2v) is 9.83. The molecule has 2 fully saturated rings. The summed E-state index contributed by atoms with van der Waals surface area (Å²) < 4.78 is 2.09. The lowest BCUT2D eigenvalue weighted by molar-refractivity contribution is -0.113. The fourth-order valence-corrected chi connectivity index (χ4v) is 5.74. The minimum absolute atomic E-state index is 0.0160. The maximum Gasteiger partial charge on any atom is 0.235 e. The van der Waals surface area contributed by atoms with Crippen LogP contribution in [0.4, 0.5) is 5.82 Å². The number of hydrogen-bond acceptors (Lipinski definition) is 4. The molecule has 2 bridgehead atoms. The number of carbonyl (C=O) groups is 1. The second kappa shape index (κ2) is 7.52. The van der Waals surface area contributed by atoms with Gasteiger partial charge in [-0.25, -0.2) is 9.67 Å². The van der Waals surface area contributed by atoms with Gasteiger partial charge < -0.3 is 10.3 Å². The van der Waals surface area contributed by atoms with Crippen LogP contribution in [0.5, 0.6) is 0 Å². The predicted molar refractivity (Wildman–Crippen MR) is 117 cm³/mol. The lowest BCUT2D eigenvalue weighted by Gasteiger charge is -2.24. The normalized spacial score (nSPS) is 24.3. The van der Waals surface area contributed by atoms with Crippen LogP contribution in [0.2, 0.25) is 0 Å². The zero-order valence-corrected chi connectivity index (χ0v) is 17.7. The first-order valence-electron chi connectivity index (χ1n) is 10.5. The van der Waals surface area contributed by atoms with Gasteiger partial charge in [-0.2, -0.15) is 5.10 Å². The Morgan fingerprint density at radius 1 is 1.34 bits per heavy atom. The number of amides is 1. The number of H-pyrrole nitrogens is 1. The highest BCUT2D eigenvalue weighted by Gasteiger charge is 2.41. The largest absolute Gasteiger partial charge is 0.341 e. The Kier molecular flexibility index (Phi) is 4.86. The zero-order chi connectivity index (χ0) is 20.0. The molecular formula is C22H27N5OS. The van der Waals surface area contributed by atoms with Crippen LogP contribution < -0.4 is 5.32 Å². The third-order valence-corrected chi connectivity index (χ3v) is 7.55. The second-order valence-electron chi connectivity index (χ2n) is 8.50. The van der Waals surface area contributed by atoms with Crippen molar-refractivity contribution in [1.82, 2.24) is 19.7 Å². The number of aromatic nitrogens is 4. The van der Waals surface area contributed by atoms with Gasteiger partial charge in [0.2, 0.25) is 5.91 Å². The first-order valence-corrected chi connectivity index (χ1v) is 11.5. The Morgan fingerprint density at radius 3 is 2.97 bits per heavy atom. The number of anilines is 1. The summed E-state index contributed by atoms with van der Waals surface area (Å²) in [6.07, 6.45) is 5.18. The molecule has 0 unspecified atom stereocenters. The van der Waals surface area contributed by atoms with Gasteiger partial charge in [-0.3, -0.25) is 4.79 Å². The number of nitrogens with zero attached hydrogens (tertiary/aromatic N) is 3. The van der Waals surface area contributed by atoms with E-state index in [-0.39, 0.29) is 11.2 Å². The van der Waals surface area contributed by atoms with E-state index >= 15 is 0 Å². The number of para-hydroxylation sites is 2. The van der Waals surface area contributed by atoms with Crippen molar-refractivity contribution in [2.75, 3.05) is 11.1 Å². The molecule has 29 heavy (non-hydrogen) atoms. The van der Waals surface area contributed by atoms with Gasteiger partial charge in [-0.05, 0) is 57.1 Å². The van der Waals surface area contributed by atoms with Crippen LogP contribution in [0.1, 0.15) is 55.4 Å². The van der Waals surface area contributed by atoms with Gasteiger partial charge in [0.15, 0.2) is 0 Å². The van der Waals surface area contributed by atoms with E-state index in [1.54, 1.807) is 11.8 Å². The molecule has 4 atom stereocenters. The Labute approximate surface area is 174 Å². The van der Waals surface area contributed by atoms with Gasteiger partial charge in [0.05, 0.1) is 33.8 Å². The molecule has 6 nitrogen and oxygen atoms in total. The summed E-state index contributed by atoms with van der Waals surface area (Å²) in [5, 5.41) is 7.94. The van der Waals surface area contributed by atoms with E-state index in [9.17, 15) is 4.79 Å². The topological polar surface area (TPSA) is 75.6 Å². The lowest BCUT2D eigenvalue weighted by atomic mass is 9.95. The van der Waals surface area contributed by atoms with Crippen LogP contribution >= 0.6 is 11.8 Å². The molecule has 0 radical (unpaired) electrons. The Balaban J connectivity index is 1.22. The maximum atomic E-state index is 12.7. The van der Waals surface area contributed by atoms with Crippen LogP contribution in [0.15, 0.2) is 30.3 Å². The minimum Gasteiger partial charge on any atom is -0.341 e. The molecule has 0 saturated heterocycles. The van der Waals surface area contributed by atoms with Gasteiger partial charge in [0.1, 0.15) is 11.6 Å². The average Bonchev–Trinajstić information content (AvgIpc) is 3.48. The number of rotatable bonds is 6. The van der Waals surface area contributed by atoms with E-state index in [1.807, 2.05) is 37.3 Å². The number of imidazole rings is 1. The molecular weight excluding hydrogens is 382 g/mol. The molecule has 0 aliphatic heterocycles. The molecule has 3 aromatic rings. The summed E-state index contributed by atoms with van der Waals surface area (Å²) in [7, 11) is 0. The fourth-order valence-electron chi connectivity index (χ4n) is 5.00. The summed E-state index contributed by atoms with van der Waals surface area (Å²) in [6.45, 7) is 4.08. The molecule has 2 heterocycles. The van der Waals surface area contributed by atoms with Crippen molar-refractivity contribution >= 4 is 34.5 Å². The van der Waals surface area contributed by atoms with E-state index in [0.29, 0.717) is 11.8 Å². The van der Waals surface area contributed by atoms with Gasteiger partial charge in [0, 0.05) is 6.07 Å². The maximum absolute atomic E-state index is 12.7. The highest BCUT2D eigenvalue weighted by Crippen LogP contribution is 2.51. The standard InChI is InChI=1S/C22H27N5OS/c1-13-9-20(27(26-13)19-11-15-7-8-16(19)10-15)25-21(28)12-29-14(2)22-23-17-5-3-4-6-18(17)24-22/h3-6,9,14-16,19H,7-8,10-12H2,1-2H3,(H,23,24)(H,25,28)/t14-,15-,16-,19+/m0/s1. The Bertz CT molecular complexity index is 1010. The molecule has 0 spiro atoms. The number of aryl methyl sites for hydroxylation is 1. The molecule has 1 amide bonds. The SMILES string of the molecule is Cc1cc(NC(=O)CS[C@@H](C)c2nc3ccccc3[nH]2)n([C@@H]2C[C@H]3CC[C@H]2C3)n1. The van der Waals surface area contributed by atoms with E-state index in [0.717, 1.165) is 40.2 Å². The van der Waals surface area contributed by atoms with Crippen molar-refractivity contribution in [3.05, 3.63) is 41.9 Å². The number of fused-ring (bicyclic) bond motifs is 3. The van der Waals surface area contributed by atoms with Crippen LogP contribution in [0.25, 0.3) is 11.0 Å². The van der Waals surface area contributed by atoms with Crippen LogP contribution in [-0.2, 0) is 4.79 Å². The molecule has 7 heteroatoms. The predicted octanol–water partition coefficient (Wildman–Crippen LogP) is 4.86. The van der Waals surface area contributed by atoms with Gasteiger partial charge in [0.25, 0.3) is 0 Å². The van der Waals surface area contributed by atoms with Crippen LogP contribution in [0, 0.1) is 18.8 Å². The summed E-state index contributed by atoms with van der Waals surface area (Å²) in [5.41, 5.74) is 2.96. The third kappa shape index (κ3) is 3.68. The van der Waals surface area contributed by atoms with Crippen molar-refractivity contribution in [3.63, 3.8) is 0 Å². The molecule has 2 N–H and O–H groups in total. The zero-order valence-electron chi connectivity index (χ0n) is 16.9. The number of benzene rings is 1. The van der Waals surface area contributed by atoms with Gasteiger partial charge in [-0.15, -0.1) is 11.8 Å². The van der Waals surface area contributed by atoms with E-state index in [1.165, 1.54) is 25.7 Å². The number of thioether (sulfide) groups is 1. The van der Waals surface area contributed by atoms with Crippen molar-refractivity contribution in [2.24, 2.45) is 11.8 Å². The first-order chi connectivity index (χ1) is 14.1. The van der Waals surface area contributed by atoms with Gasteiger partial charge >= 0.3 is 0 Å². The Hall–Kier alpha value is -2.28. The monoisotopic (exact) mass is 409 g/mol. The number of nitrogens with one attached hydrogen (secondary N) is 2. The van der Waals surface area contributed by atoms with Crippen LogP contribution in [-0.4, -0.2) is 31.4 Å². The minimum atomic E-state index is 0.0160. The van der Waals surface area contributed by atoms with E-state index in [4.69, 9.17) is 5.10 Å². The molecule has 1 aromatic carbocycles. The average molecular weight is 410 g/mol. The van der Waals surface area contributed by atoms with Crippen LogP contribution in [0.3, 0.4) is 0 Å². The quantitative estimate of drug-likeness (QED) is 0.609. The molecule has 5 rings (SSSR count). The Morgan fingerprint density at radius 2 is 2.21 bits per heavy atom. The number of hydrogen-bond donors (Lipinski definition) is 2. The fraction of sp³-hybridized carbons (Fsp3) is 0.500. The lowest BCUT2D eigenvalue weighted by Crippen LogP contribution is -2.23. The highest BCUT2D eigenvalue weighted by atomic mass is 32.2. The molecule has 2 saturated carbocycles. The molecule has 2 aliphatic carbocycles. The van der Waals surface area contributed by atoms with Gasteiger partial charge in [-0.1, -0.05) is 18.6 Å².